The number of nitrogens with one attached hydrogen (secondary N) is 2. The molecule has 0 saturated heterocycles. The zero-order valence-corrected chi connectivity index (χ0v) is 27.4. The van der Waals surface area contributed by atoms with Crippen LogP contribution in [0.5, 0.6) is 0 Å². The fourth-order valence-electron chi connectivity index (χ4n) is 3.92. The van der Waals surface area contributed by atoms with Crippen LogP contribution in [0.15, 0.2) is 85.7 Å². The molecular weight excluding hydrogens is 617 g/mol. The Morgan fingerprint density at radius 2 is 1.47 bits per heavy atom. The molecule has 13 nitrogen and oxygen atoms in total. The highest BCUT2D eigenvalue weighted by Gasteiger charge is 2.17. The summed E-state index contributed by atoms with van der Waals surface area (Å²) in [5.74, 6) is 0.585. The van der Waals surface area contributed by atoms with Crippen molar-refractivity contribution in [3.63, 3.8) is 0 Å². The van der Waals surface area contributed by atoms with Gasteiger partial charge in [-0.1, -0.05) is 13.2 Å². The smallest absolute Gasteiger partial charge is 0.199 e. The van der Waals surface area contributed by atoms with Gasteiger partial charge >= 0.3 is 0 Å². The number of sulfone groups is 2. The van der Waals surface area contributed by atoms with Crippen LogP contribution in [0.3, 0.4) is 0 Å². The zero-order chi connectivity index (χ0) is 33.2. The van der Waals surface area contributed by atoms with Gasteiger partial charge in [0.25, 0.3) is 0 Å². The maximum atomic E-state index is 12.0. The summed E-state index contributed by atoms with van der Waals surface area (Å²) in [6, 6.07) is 9.64. The number of methoxy groups -OCH3 is 1. The summed E-state index contributed by atoms with van der Waals surface area (Å²) in [7, 11) is -5.34. The highest BCUT2D eigenvalue weighted by molar-refractivity contribution is 7.94. The predicted molar refractivity (Wildman–Crippen MR) is 179 cm³/mol. The first-order valence-electron chi connectivity index (χ1n) is 13.9. The van der Waals surface area contributed by atoms with Crippen LogP contribution in [0.2, 0.25) is 0 Å². The van der Waals surface area contributed by atoms with Crippen molar-refractivity contribution in [1.82, 2.24) is 4.98 Å². The Morgan fingerprint density at radius 3 is 2.04 bits per heavy atom. The minimum atomic E-state index is -3.53. The fraction of sp³-hybridized carbons (Fsp3) is 0.300. The standard InChI is InChI=1S/C30H38N8O5S2/c1-7-44(39,40)17-15-33-30-28(22(5)27(31)29(34-30)32-14-9-16-43-6)38-37-26-19-20(3)25(18-21(26)4)36-35-23-10-12-24(13-11-23)45(41,42)8-2/h7-8,10-13,18-19H,1-2,9,14-17,31H2,3-6H3,(H2,32,33,34). The van der Waals surface area contributed by atoms with Gasteiger partial charge in [0.15, 0.2) is 31.3 Å². The first kappa shape index (κ1) is 35.0. The fourth-order valence-corrected chi connectivity index (χ4v) is 5.18. The molecule has 0 bridgehead atoms. The molecule has 15 heteroatoms. The maximum absolute atomic E-state index is 12.0. The Kier molecular flexibility index (Phi) is 12.1. The molecule has 0 aliphatic heterocycles. The largest absolute Gasteiger partial charge is 0.395 e. The Labute approximate surface area is 264 Å². The Bertz CT molecular complexity index is 1820. The van der Waals surface area contributed by atoms with E-state index in [0.717, 1.165) is 28.4 Å². The zero-order valence-electron chi connectivity index (χ0n) is 25.7. The number of hydrogen-bond donors (Lipinski definition) is 3. The number of aromatic nitrogens is 1. The Balaban J connectivity index is 1.90. The van der Waals surface area contributed by atoms with Crippen LogP contribution in [0.1, 0.15) is 23.1 Å². The van der Waals surface area contributed by atoms with Crippen molar-refractivity contribution in [2.75, 3.05) is 48.9 Å². The molecule has 2 aromatic carbocycles. The summed E-state index contributed by atoms with van der Waals surface area (Å²) < 4.78 is 52.9. The van der Waals surface area contributed by atoms with E-state index in [1.165, 1.54) is 12.1 Å². The van der Waals surface area contributed by atoms with Crippen LogP contribution in [-0.4, -0.2) is 54.4 Å². The van der Waals surface area contributed by atoms with Gasteiger partial charge in [0.2, 0.25) is 0 Å². The third-order valence-corrected chi connectivity index (χ3v) is 9.29. The third-order valence-electron chi connectivity index (χ3n) is 6.64. The first-order chi connectivity index (χ1) is 21.3. The van der Waals surface area contributed by atoms with Crippen molar-refractivity contribution >= 4 is 59.7 Å². The number of aryl methyl sites for hydroxylation is 2. The van der Waals surface area contributed by atoms with Gasteiger partial charge in [-0.2, -0.15) is 15.3 Å². The number of anilines is 3. The van der Waals surface area contributed by atoms with E-state index in [1.807, 2.05) is 26.0 Å². The van der Waals surface area contributed by atoms with E-state index in [2.05, 4.69) is 49.2 Å². The molecule has 1 heterocycles. The van der Waals surface area contributed by atoms with Gasteiger partial charge in [-0.05, 0) is 74.7 Å². The number of pyridine rings is 1. The highest BCUT2D eigenvalue weighted by atomic mass is 32.2. The topological polar surface area (TPSA) is 190 Å². The van der Waals surface area contributed by atoms with Gasteiger partial charge < -0.3 is 21.1 Å². The first-order valence-corrected chi connectivity index (χ1v) is 17.1. The third kappa shape index (κ3) is 9.51. The van der Waals surface area contributed by atoms with Crippen LogP contribution in [-0.2, 0) is 24.4 Å². The van der Waals surface area contributed by atoms with E-state index in [1.54, 1.807) is 26.2 Å². The number of nitrogens with zero attached hydrogens (tertiary/aromatic N) is 5. The molecule has 45 heavy (non-hydrogen) atoms. The molecule has 0 amide bonds. The van der Waals surface area contributed by atoms with E-state index in [4.69, 9.17) is 10.5 Å². The normalized spacial score (nSPS) is 12.1. The predicted octanol–water partition coefficient (Wildman–Crippen LogP) is 6.76. The summed E-state index contributed by atoms with van der Waals surface area (Å²) in [4.78, 5) is 4.71. The van der Waals surface area contributed by atoms with Gasteiger partial charge in [-0.25, -0.2) is 21.8 Å². The number of hydrogen-bond acceptors (Lipinski definition) is 13. The number of azo groups is 2. The van der Waals surface area contributed by atoms with Gasteiger partial charge in [0, 0.05) is 43.2 Å². The average molecular weight is 655 g/mol. The lowest BCUT2D eigenvalue weighted by Crippen LogP contribution is -2.16. The molecule has 240 valence electrons. The van der Waals surface area contributed by atoms with Crippen molar-refractivity contribution in [1.29, 1.82) is 0 Å². The van der Waals surface area contributed by atoms with Crippen molar-refractivity contribution in [2.45, 2.75) is 32.1 Å². The summed E-state index contributed by atoms with van der Waals surface area (Å²) in [6.07, 6.45) is 0.735. The molecule has 0 unspecified atom stereocenters. The molecule has 0 fully saturated rings. The van der Waals surface area contributed by atoms with Crippen molar-refractivity contribution < 1.29 is 21.6 Å². The van der Waals surface area contributed by atoms with E-state index in [0.29, 0.717) is 58.8 Å². The van der Waals surface area contributed by atoms with Gasteiger partial charge in [-0.15, -0.1) is 5.11 Å². The molecule has 0 spiro atoms. The number of ether oxygens (including phenoxy) is 1. The lowest BCUT2D eigenvalue weighted by atomic mass is 10.1. The summed E-state index contributed by atoms with van der Waals surface area (Å²) in [5, 5.41) is 25.6. The van der Waals surface area contributed by atoms with Crippen molar-refractivity contribution in [3.05, 3.63) is 77.1 Å². The molecule has 1 aromatic heterocycles. The number of rotatable bonds is 16. The Hall–Kier alpha value is -4.47. The summed E-state index contributed by atoms with van der Waals surface area (Å²) in [6.45, 7) is 13.4. The van der Waals surface area contributed by atoms with Crippen LogP contribution in [0.25, 0.3) is 0 Å². The summed E-state index contributed by atoms with van der Waals surface area (Å²) >= 11 is 0. The molecule has 3 rings (SSSR count). The minimum absolute atomic E-state index is 0.0704. The van der Waals surface area contributed by atoms with Crippen LogP contribution in [0, 0.1) is 20.8 Å². The van der Waals surface area contributed by atoms with Crippen molar-refractivity contribution in [3.8, 4) is 0 Å². The van der Waals surface area contributed by atoms with Gasteiger partial charge in [0.1, 0.15) is 5.69 Å². The molecule has 0 atom stereocenters. The maximum Gasteiger partial charge on any atom is 0.199 e. The summed E-state index contributed by atoms with van der Waals surface area (Å²) in [5.41, 5.74) is 11.0. The second kappa shape index (κ2) is 15.5. The second-order valence-electron chi connectivity index (χ2n) is 9.96. The lowest BCUT2D eigenvalue weighted by Gasteiger charge is -2.16. The SMILES string of the molecule is C=CS(=O)(=O)CCNc1nc(NCCCOC)c(N)c(C)c1N=Nc1cc(C)c(N=Nc2ccc(S(=O)(=O)C=C)cc2)cc1C. The van der Waals surface area contributed by atoms with Crippen LogP contribution >= 0.6 is 0 Å². The molecule has 0 radical (unpaired) electrons. The quantitative estimate of drug-likeness (QED) is 0.111. The minimum Gasteiger partial charge on any atom is -0.395 e. The van der Waals surface area contributed by atoms with E-state index < -0.39 is 19.7 Å². The van der Waals surface area contributed by atoms with E-state index in [-0.39, 0.29) is 17.2 Å². The average Bonchev–Trinajstić information content (AvgIpc) is 3.02. The lowest BCUT2D eigenvalue weighted by molar-refractivity contribution is 0.198. The molecule has 0 saturated carbocycles. The monoisotopic (exact) mass is 654 g/mol. The molecule has 0 aliphatic rings. The van der Waals surface area contributed by atoms with E-state index >= 15 is 0 Å². The molecular formula is C30H38N8O5S2. The highest BCUT2D eigenvalue weighted by Crippen LogP contribution is 2.38. The van der Waals surface area contributed by atoms with E-state index in [9.17, 15) is 16.8 Å². The van der Waals surface area contributed by atoms with Gasteiger partial charge in [-0.3, -0.25) is 0 Å². The number of benzene rings is 2. The molecule has 3 aromatic rings. The number of nitrogens with two attached hydrogens (primary N) is 1. The van der Waals surface area contributed by atoms with Gasteiger partial charge in [0.05, 0.1) is 33.4 Å². The van der Waals surface area contributed by atoms with Crippen LogP contribution < -0.4 is 16.4 Å². The Morgan fingerprint density at radius 1 is 0.867 bits per heavy atom. The van der Waals surface area contributed by atoms with Crippen LogP contribution in [0.4, 0.5) is 40.1 Å². The molecule has 0 aliphatic carbocycles. The van der Waals surface area contributed by atoms with Crippen molar-refractivity contribution in [2.24, 2.45) is 20.5 Å². The molecule has 4 N–H and O–H groups in total. The second-order valence-corrected chi connectivity index (χ2v) is 13.9. The number of nitrogen functional groups attached to an aromatic ring is 1.